The van der Waals surface area contributed by atoms with Gasteiger partial charge in [-0.2, -0.15) is 0 Å². The van der Waals surface area contributed by atoms with Crippen LogP contribution < -0.4 is 10.5 Å². The monoisotopic (exact) mass is 515 g/mol. The van der Waals surface area contributed by atoms with E-state index in [-0.39, 0.29) is 10.9 Å². The van der Waals surface area contributed by atoms with Crippen LogP contribution in [0.2, 0.25) is 0 Å². The fraction of sp³-hybridized carbons (Fsp3) is 0.200. The van der Waals surface area contributed by atoms with Gasteiger partial charge >= 0.3 is 0 Å². The normalized spacial score (nSPS) is 14.6. The Hall–Kier alpha value is -3.52. The predicted molar refractivity (Wildman–Crippen MR) is 146 cm³/mol. The van der Waals surface area contributed by atoms with E-state index in [0.717, 1.165) is 43.6 Å². The average Bonchev–Trinajstić information content (AvgIpc) is 2.90. The van der Waals surface area contributed by atoms with Crippen LogP contribution in [0.3, 0.4) is 0 Å². The number of fused-ring (bicyclic) bond motifs is 1. The topological polar surface area (TPSA) is 75.4 Å². The Morgan fingerprint density at radius 1 is 0.865 bits per heavy atom. The molecule has 0 aliphatic carbocycles. The molecule has 37 heavy (non-hydrogen) atoms. The second kappa shape index (κ2) is 10.8. The van der Waals surface area contributed by atoms with Gasteiger partial charge in [-0.1, -0.05) is 60.7 Å². The van der Waals surface area contributed by atoms with Crippen LogP contribution in [-0.4, -0.2) is 32.4 Å². The van der Waals surface area contributed by atoms with E-state index in [1.807, 2.05) is 24.3 Å². The molecule has 1 heterocycles. The largest absolute Gasteiger partial charge is 0.326 e. The van der Waals surface area contributed by atoms with Crippen molar-refractivity contribution in [2.45, 2.75) is 30.3 Å². The van der Waals surface area contributed by atoms with Gasteiger partial charge in [0, 0.05) is 31.4 Å². The van der Waals surface area contributed by atoms with Crippen molar-refractivity contribution in [1.82, 2.24) is 4.90 Å². The van der Waals surface area contributed by atoms with Crippen LogP contribution >= 0.6 is 0 Å². The van der Waals surface area contributed by atoms with Crippen LogP contribution in [0.25, 0.3) is 11.1 Å². The van der Waals surface area contributed by atoms with Crippen LogP contribution in [0.4, 0.5) is 10.1 Å². The number of hydrogen-bond donors (Lipinski definition) is 2. The summed E-state index contributed by atoms with van der Waals surface area (Å²) in [5.41, 5.74) is 12.6. The second-order valence-corrected chi connectivity index (χ2v) is 11.2. The summed E-state index contributed by atoms with van der Waals surface area (Å²) in [6.45, 7) is 2.33. The molecule has 1 aliphatic rings. The summed E-state index contributed by atoms with van der Waals surface area (Å²) in [7, 11) is -3.75. The summed E-state index contributed by atoms with van der Waals surface area (Å²) in [6, 6.07) is 29.4. The maximum atomic E-state index is 13.1. The highest BCUT2D eigenvalue weighted by molar-refractivity contribution is 7.92. The first-order valence-electron chi connectivity index (χ1n) is 12.4. The molecule has 1 aliphatic heterocycles. The van der Waals surface area contributed by atoms with Crippen LogP contribution in [0.15, 0.2) is 102 Å². The number of sulfonamides is 1. The number of nitrogens with two attached hydrogens (primary N) is 1. The second-order valence-electron chi connectivity index (χ2n) is 9.56. The molecule has 0 bridgehead atoms. The third-order valence-corrected chi connectivity index (χ3v) is 8.11. The highest BCUT2D eigenvalue weighted by Crippen LogP contribution is 2.25. The number of hydrogen-bond acceptors (Lipinski definition) is 4. The molecule has 0 spiro atoms. The Morgan fingerprint density at radius 3 is 2.30 bits per heavy atom. The first kappa shape index (κ1) is 25.1. The Kier molecular flexibility index (Phi) is 7.37. The fourth-order valence-corrected chi connectivity index (χ4v) is 5.91. The number of halogens is 1. The number of nitrogens with zero attached hydrogens (tertiary/aromatic N) is 1. The summed E-state index contributed by atoms with van der Waals surface area (Å²) in [5, 5.41) is 0. The molecule has 0 saturated heterocycles. The van der Waals surface area contributed by atoms with E-state index in [2.05, 4.69) is 46.0 Å². The zero-order valence-electron chi connectivity index (χ0n) is 20.5. The minimum atomic E-state index is -3.75. The molecule has 4 aromatic rings. The van der Waals surface area contributed by atoms with Gasteiger partial charge in [-0.05, 0) is 77.1 Å². The Labute approximate surface area is 217 Å². The maximum Gasteiger partial charge on any atom is 0.261 e. The Bertz CT molecular complexity index is 1460. The summed E-state index contributed by atoms with van der Waals surface area (Å²) >= 11 is 0. The predicted octanol–water partition coefficient (Wildman–Crippen LogP) is 5.22. The van der Waals surface area contributed by atoms with Gasteiger partial charge in [0.25, 0.3) is 10.0 Å². The summed E-state index contributed by atoms with van der Waals surface area (Å²) in [5.74, 6) is -0.415. The molecule has 5 rings (SSSR count). The van der Waals surface area contributed by atoms with Gasteiger partial charge in [-0.25, -0.2) is 12.8 Å². The van der Waals surface area contributed by atoms with Crippen molar-refractivity contribution in [3.05, 3.63) is 120 Å². The van der Waals surface area contributed by atoms with Gasteiger partial charge in [-0.15, -0.1) is 0 Å². The minimum Gasteiger partial charge on any atom is -0.326 e. The standard InChI is InChI=1S/C30H30FN3O2S/c31-27-11-13-29(14-12-27)33-37(35,36)30-15-10-26-20-34(17-16-25(26)19-30)21-28(32)18-22-6-8-24(9-7-22)23-4-2-1-3-5-23/h1-15,19,28,33H,16-18,20-21,32H2/t28-/m0/s1. The molecule has 0 fully saturated rings. The van der Waals surface area contributed by atoms with Crippen molar-refractivity contribution in [3.63, 3.8) is 0 Å². The van der Waals surface area contributed by atoms with Gasteiger partial charge in [0.2, 0.25) is 0 Å². The zero-order valence-corrected chi connectivity index (χ0v) is 21.3. The molecule has 0 saturated carbocycles. The molecule has 190 valence electrons. The number of benzene rings is 4. The van der Waals surface area contributed by atoms with Gasteiger partial charge in [0.05, 0.1) is 4.90 Å². The lowest BCUT2D eigenvalue weighted by atomic mass is 9.98. The lowest BCUT2D eigenvalue weighted by Gasteiger charge is -2.31. The number of rotatable bonds is 8. The average molecular weight is 516 g/mol. The van der Waals surface area contributed by atoms with Crippen molar-refractivity contribution >= 4 is 15.7 Å². The molecular formula is C30H30FN3O2S. The molecule has 3 N–H and O–H groups in total. The van der Waals surface area contributed by atoms with E-state index in [1.165, 1.54) is 41.0 Å². The lowest BCUT2D eigenvalue weighted by Crippen LogP contribution is -2.41. The molecule has 0 aromatic heterocycles. The van der Waals surface area contributed by atoms with Crippen LogP contribution in [-0.2, 0) is 29.4 Å². The third kappa shape index (κ3) is 6.25. The van der Waals surface area contributed by atoms with Crippen LogP contribution in [0.5, 0.6) is 0 Å². The molecule has 1 atom stereocenters. The molecular weight excluding hydrogens is 485 g/mol. The van der Waals surface area contributed by atoms with Crippen molar-refractivity contribution < 1.29 is 12.8 Å². The summed E-state index contributed by atoms with van der Waals surface area (Å²) in [4.78, 5) is 2.54. The first-order chi connectivity index (χ1) is 17.9. The first-order valence-corrected chi connectivity index (χ1v) is 13.9. The van der Waals surface area contributed by atoms with Gasteiger partial charge < -0.3 is 5.73 Å². The summed E-state index contributed by atoms with van der Waals surface area (Å²) in [6.07, 6.45) is 1.55. The number of nitrogens with one attached hydrogen (secondary N) is 1. The zero-order chi connectivity index (χ0) is 25.8. The van der Waals surface area contributed by atoms with E-state index in [4.69, 9.17) is 5.73 Å². The molecule has 7 heteroatoms. The van der Waals surface area contributed by atoms with E-state index < -0.39 is 15.8 Å². The van der Waals surface area contributed by atoms with E-state index in [0.29, 0.717) is 5.69 Å². The van der Waals surface area contributed by atoms with E-state index in [9.17, 15) is 12.8 Å². The van der Waals surface area contributed by atoms with Gasteiger partial charge in [0.1, 0.15) is 5.82 Å². The molecule has 0 amide bonds. The molecule has 5 nitrogen and oxygen atoms in total. The van der Waals surface area contributed by atoms with Crippen molar-refractivity contribution in [1.29, 1.82) is 0 Å². The Morgan fingerprint density at radius 2 is 1.57 bits per heavy atom. The number of anilines is 1. The van der Waals surface area contributed by atoms with Crippen LogP contribution in [0.1, 0.15) is 16.7 Å². The smallest absolute Gasteiger partial charge is 0.261 e. The third-order valence-electron chi connectivity index (χ3n) is 6.73. The minimum absolute atomic E-state index is 0.00341. The quantitative estimate of drug-likeness (QED) is 0.337. The van der Waals surface area contributed by atoms with Crippen molar-refractivity contribution in [2.24, 2.45) is 5.73 Å². The van der Waals surface area contributed by atoms with Crippen LogP contribution in [0, 0.1) is 5.82 Å². The SMILES string of the molecule is N[C@@H](Cc1ccc(-c2ccccc2)cc1)CN1CCc2cc(S(=O)(=O)Nc3ccc(F)cc3)ccc2C1. The lowest BCUT2D eigenvalue weighted by molar-refractivity contribution is 0.237. The highest BCUT2D eigenvalue weighted by atomic mass is 32.2. The maximum absolute atomic E-state index is 13.1. The van der Waals surface area contributed by atoms with E-state index >= 15 is 0 Å². The molecule has 4 aromatic carbocycles. The van der Waals surface area contributed by atoms with Gasteiger partial charge in [-0.3, -0.25) is 9.62 Å². The van der Waals surface area contributed by atoms with Gasteiger partial charge in [0.15, 0.2) is 0 Å². The van der Waals surface area contributed by atoms with Crippen molar-refractivity contribution in [2.75, 3.05) is 17.8 Å². The fourth-order valence-electron chi connectivity index (χ4n) is 4.81. The summed E-state index contributed by atoms with van der Waals surface area (Å²) < 4.78 is 41.3. The Balaban J connectivity index is 1.18. The molecule has 0 unspecified atom stereocenters. The molecule has 0 radical (unpaired) electrons. The van der Waals surface area contributed by atoms with E-state index in [1.54, 1.807) is 12.1 Å². The van der Waals surface area contributed by atoms with Crippen molar-refractivity contribution in [3.8, 4) is 11.1 Å². The highest BCUT2D eigenvalue weighted by Gasteiger charge is 2.22.